The van der Waals surface area contributed by atoms with Crippen molar-refractivity contribution in [2.24, 2.45) is 35.5 Å². The lowest BCUT2D eigenvalue weighted by Crippen LogP contribution is -2.61. The highest BCUT2D eigenvalue weighted by atomic mass is 16.8. The Morgan fingerprint density at radius 1 is 0.400 bits per heavy atom. The van der Waals surface area contributed by atoms with E-state index in [0.717, 1.165) is 86.5 Å². The maximum absolute atomic E-state index is 14.0. The van der Waals surface area contributed by atoms with Gasteiger partial charge in [-0.1, -0.05) is 68.9 Å². The molecule has 23 heteroatoms. The quantitative estimate of drug-likeness (QED) is 0.136. The van der Waals surface area contributed by atoms with E-state index in [0.29, 0.717) is 76.5 Å². The van der Waals surface area contributed by atoms with Gasteiger partial charge in [-0.25, -0.2) is 0 Å². The van der Waals surface area contributed by atoms with Crippen molar-refractivity contribution in [1.82, 2.24) is 0 Å². The predicted molar refractivity (Wildman–Crippen MR) is 383 cm³/mol. The van der Waals surface area contributed by atoms with Crippen LogP contribution in [0.4, 0.5) is 0 Å². The third-order valence-electron chi connectivity index (χ3n) is 27.4. The molecule has 23 nitrogen and oxygen atoms in total. The number of carbonyl (C=O) groups excluding carboxylic acids is 3. The Balaban J connectivity index is 0.000000183. The highest BCUT2D eigenvalue weighted by molar-refractivity contribution is 5.80. The van der Waals surface area contributed by atoms with Gasteiger partial charge in [0.25, 0.3) is 0 Å². The lowest BCUT2D eigenvalue weighted by atomic mass is 9.79. The minimum absolute atomic E-state index is 0. The summed E-state index contributed by atoms with van der Waals surface area (Å²) in [5, 5.41) is 62.5. The van der Waals surface area contributed by atoms with Crippen LogP contribution < -0.4 is 0 Å². The van der Waals surface area contributed by atoms with E-state index >= 15 is 0 Å². The normalized spacial score (nSPS) is 49.8. The molecule has 6 N–H and O–H groups in total. The highest BCUT2D eigenvalue weighted by Crippen LogP contribution is 2.55. The van der Waals surface area contributed by atoms with Gasteiger partial charge < -0.3 is 97.0 Å². The van der Waals surface area contributed by atoms with Crippen LogP contribution in [0, 0.1) is 35.5 Å². The molecule has 0 aromatic heterocycles. The molecule has 0 aliphatic carbocycles. The van der Waals surface area contributed by atoms with Crippen LogP contribution in [0.15, 0.2) is 48.6 Å². The Labute approximate surface area is 621 Å². The van der Waals surface area contributed by atoms with Gasteiger partial charge in [-0.3, -0.25) is 14.4 Å². The van der Waals surface area contributed by atoms with Crippen molar-refractivity contribution in [1.29, 1.82) is 0 Å². The van der Waals surface area contributed by atoms with Gasteiger partial charge in [0, 0.05) is 77.0 Å². The summed E-state index contributed by atoms with van der Waals surface area (Å²) < 4.78 is 92.3. The number of aliphatic hydroxyl groups excluding tert-OH is 6. The summed E-state index contributed by atoms with van der Waals surface area (Å²) in [5.74, 6) is -0.318. The number of Topliss-reactive ketones (excluding diaryl/α,β-unsaturated/α-hetero) is 3. The Kier molecular flexibility index (Phi) is 25.6. The fourth-order valence-corrected chi connectivity index (χ4v) is 21.4. The van der Waals surface area contributed by atoms with Gasteiger partial charge in [0.1, 0.15) is 78.4 Å². The number of ketones is 3. The lowest BCUT2D eigenvalue weighted by molar-refractivity contribution is -0.292. The fourth-order valence-electron chi connectivity index (χ4n) is 21.4. The maximum atomic E-state index is 14.0. The number of ether oxygens (including phenoxy) is 14. The van der Waals surface area contributed by atoms with E-state index in [4.69, 9.17) is 66.3 Å². The molecule has 17 fully saturated rings. The first kappa shape index (κ1) is 80.2. The molecule has 0 amide bonds. The van der Waals surface area contributed by atoms with Gasteiger partial charge in [-0.2, -0.15) is 0 Å². The van der Waals surface area contributed by atoms with E-state index < -0.39 is 66.8 Å². The third-order valence-corrected chi connectivity index (χ3v) is 27.4. The van der Waals surface area contributed by atoms with Gasteiger partial charge in [0.05, 0.1) is 135 Å². The first-order valence-electron chi connectivity index (χ1n) is 39.9. The van der Waals surface area contributed by atoms with Crippen LogP contribution in [-0.4, -0.2) is 250 Å². The minimum Gasteiger partial charge on any atom is -0.394 e. The molecule has 37 atom stereocenters. The van der Waals surface area contributed by atoms with Gasteiger partial charge in [0.2, 0.25) is 0 Å². The van der Waals surface area contributed by atoms with Crippen LogP contribution in [-0.2, 0) is 80.7 Å². The second-order valence-electron chi connectivity index (χ2n) is 34.5. The van der Waals surface area contributed by atoms with Crippen LogP contribution in [0.1, 0.15) is 209 Å². The molecule has 7 unspecified atom stereocenters. The van der Waals surface area contributed by atoms with E-state index in [-0.39, 0.29) is 229 Å². The second kappa shape index (κ2) is 33.5. The maximum Gasteiger partial charge on any atom is 0.172 e. The van der Waals surface area contributed by atoms with Crippen LogP contribution in [0.5, 0.6) is 0 Å². The molecule has 17 rings (SSSR count). The molecular weight excluding hydrogens is 1350 g/mol. The van der Waals surface area contributed by atoms with E-state index in [9.17, 15) is 45.0 Å². The molecule has 0 aromatic carbocycles. The molecular formula is C82H126O23. The van der Waals surface area contributed by atoms with Crippen molar-refractivity contribution in [2.75, 3.05) is 13.2 Å². The molecule has 17 saturated heterocycles. The number of carbonyl (C=O) groups is 3. The third kappa shape index (κ3) is 16.8. The van der Waals surface area contributed by atoms with Crippen molar-refractivity contribution in [3.05, 3.63) is 48.6 Å². The SMILES string of the molecule is C.C.C=C1C[C@@H]2CCC(=O)C[C@H]3O[C@H]4[C@@H](O)[C@H]5OC(CC[C@@H]5O[C@H]4[C@H]3O)CC(=O)C[C@@H]3[C@@H](C)[C@@H](C[C@H](O)CO)O[C@H]3CC3O[C@@H](CCC1O2)C[C@@H](C)C3=C.C=C1C[C@@H]2CCC34C[C@H]5O[C@H]6[C@@H](O3)[C@H]3OC(CC[C@@H]3O[C@H]6[C@H]5O4)CC(=O)C[C@@H]3[C@@H](C)[C@@H](C[C@H](O)CO)O[C@H]3CC3O[C@@H](CCC1O2)C[C@@H](C)C3=C. The first-order valence-corrected chi connectivity index (χ1v) is 39.9. The molecule has 17 aliphatic rings. The molecule has 1 spiro atoms. The first-order chi connectivity index (χ1) is 49.4. The van der Waals surface area contributed by atoms with Crippen molar-refractivity contribution in [2.45, 2.75) is 398 Å². The van der Waals surface area contributed by atoms with Crippen LogP contribution in [0.3, 0.4) is 0 Å². The summed E-state index contributed by atoms with van der Waals surface area (Å²) in [6.45, 7) is 25.5. The number of fused-ring (bicyclic) bond motifs is 13. The van der Waals surface area contributed by atoms with Crippen molar-refractivity contribution in [3.63, 3.8) is 0 Å². The van der Waals surface area contributed by atoms with Crippen LogP contribution in [0.25, 0.3) is 0 Å². The largest absolute Gasteiger partial charge is 0.394 e. The van der Waals surface area contributed by atoms with Gasteiger partial charge in [0.15, 0.2) is 5.79 Å². The molecule has 0 radical (unpaired) electrons. The predicted octanol–water partition coefficient (Wildman–Crippen LogP) is 8.25. The highest BCUT2D eigenvalue weighted by Gasteiger charge is 2.69. The molecule has 592 valence electrons. The molecule has 0 aromatic rings. The summed E-state index contributed by atoms with van der Waals surface area (Å²) in [6, 6.07) is 0. The standard InChI is InChI=1S/C40H60O12.C40H58O11.2CH4/c1-19-11-27-7-9-30-20(2)12-26(47-30)6-5-23(42)15-35-36(45)39-40(52-35)37(46)38-31(51-39)10-8-28(49-38)13-24(43)14-29-22(4)32(16-25(44)18-41)50-34(29)17-33(48-27)21(19)3;1-19-11-25-5-7-29-20(2)12-27(44-29)9-10-40-17-34-36(50-40)37-38(49-34)39(51-40)35-30(48-37)8-6-26(46-35)13-23(42)14-28-22(4)31(15-24(43)18-41)47-33(28)16-32(45-25)21(19)3;;/h19,22,25-41,44-46H,2-3,5-18H2,1,4H3;19,22,24-39,41,43H,2-3,5-18H2,1,4H3;2*1H4/t19-,22-,25+,26+,27+,28?,29-,30?,31+,32-,33?,34+,35-,36+,37+,38+,39+,40+;19-,22-,24+,25+,26?,27+,28-,29?,30+,31-,32?,33+,34-,35+,36+,37+,38-,39+,40?;;/m11../s1. The average molecular weight is 1480 g/mol. The van der Waals surface area contributed by atoms with Crippen molar-refractivity contribution in [3.8, 4) is 0 Å². The summed E-state index contributed by atoms with van der Waals surface area (Å²) >= 11 is 0. The molecule has 20 bridgehead atoms. The minimum atomic E-state index is -1.08. The number of hydrogen-bond acceptors (Lipinski definition) is 23. The van der Waals surface area contributed by atoms with Crippen LogP contribution >= 0.6 is 0 Å². The van der Waals surface area contributed by atoms with Gasteiger partial charge >= 0.3 is 0 Å². The topological polar surface area (TPSA) is 302 Å². The van der Waals surface area contributed by atoms with Gasteiger partial charge in [-0.05, 0) is 148 Å². The van der Waals surface area contributed by atoms with Crippen molar-refractivity contribution >= 4 is 17.3 Å². The summed E-state index contributed by atoms with van der Waals surface area (Å²) in [5.41, 5.74) is 4.26. The Bertz CT molecular complexity index is 3070. The molecule has 105 heavy (non-hydrogen) atoms. The van der Waals surface area contributed by atoms with Gasteiger partial charge in [-0.15, -0.1) is 0 Å². The Morgan fingerprint density at radius 2 is 0.848 bits per heavy atom. The molecule has 17 heterocycles. The lowest BCUT2D eigenvalue weighted by Gasteiger charge is -2.47. The number of rotatable bonds is 6. The molecule has 17 aliphatic heterocycles. The van der Waals surface area contributed by atoms with E-state index in [1.807, 2.05) is 0 Å². The van der Waals surface area contributed by atoms with Crippen LogP contribution in [0.2, 0.25) is 0 Å². The van der Waals surface area contributed by atoms with E-state index in [1.165, 1.54) is 0 Å². The average Bonchev–Trinajstić information content (AvgIpc) is 1.55. The Morgan fingerprint density at radius 3 is 1.40 bits per heavy atom. The smallest absolute Gasteiger partial charge is 0.172 e. The summed E-state index contributed by atoms with van der Waals surface area (Å²) in [7, 11) is 0. The summed E-state index contributed by atoms with van der Waals surface area (Å²) in [6.07, 6.45) is 3.80. The second-order valence-corrected chi connectivity index (χ2v) is 34.5. The molecule has 0 saturated carbocycles. The van der Waals surface area contributed by atoms with E-state index in [2.05, 4.69) is 54.0 Å². The zero-order chi connectivity index (χ0) is 72.0. The Hall–Kier alpha value is -2.83. The monoisotopic (exact) mass is 1480 g/mol. The number of hydrogen-bond donors (Lipinski definition) is 6. The fraction of sp³-hybridized carbons (Fsp3) is 0.866. The van der Waals surface area contributed by atoms with Crippen molar-refractivity contribution < 1.29 is 111 Å². The zero-order valence-electron chi connectivity index (χ0n) is 61.0. The van der Waals surface area contributed by atoms with E-state index in [1.54, 1.807) is 0 Å². The summed E-state index contributed by atoms with van der Waals surface area (Å²) in [4.78, 5) is 40.9. The zero-order valence-corrected chi connectivity index (χ0v) is 61.0. The number of aliphatic hydroxyl groups is 6.